The number of rotatable bonds is 2. The quantitative estimate of drug-likeness (QED) is 0.853. The van der Waals surface area contributed by atoms with Crippen molar-refractivity contribution in [3.05, 3.63) is 48.7 Å². The molecule has 0 spiro atoms. The molecule has 82 valence electrons. The zero-order valence-corrected chi connectivity index (χ0v) is 9.18. The highest BCUT2D eigenvalue weighted by atomic mass is 32.2. The molecule has 0 aliphatic heterocycles. The van der Waals surface area contributed by atoms with Crippen LogP contribution in [-0.4, -0.2) is 13.4 Å². The minimum absolute atomic E-state index is 0.104. The maximum atomic E-state index is 11.0. The van der Waals surface area contributed by atoms with E-state index in [-0.39, 0.29) is 4.90 Å². The summed E-state index contributed by atoms with van der Waals surface area (Å²) in [6, 6.07) is 11.9. The fourth-order valence-corrected chi connectivity index (χ4v) is 1.86. The Labute approximate surface area is 93.8 Å². The molecule has 0 aliphatic rings. The fraction of sp³-hybridized carbons (Fsp3) is 0. The molecule has 0 saturated carbocycles. The predicted octanol–water partition coefficient (Wildman–Crippen LogP) is 1.40. The smallest absolute Gasteiger partial charge is 0.238 e. The molecule has 1 heterocycles. The Balaban J connectivity index is 2.41. The third kappa shape index (κ3) is 2.26. The summed E-state index contributed by atoms with van der Waals surface area (Å²) in [5.41, 5.74) is 1.65. The molecule has 4 nitrogen and oxygen atoms in total. The standard InChI is InChI=1S/C11H10N2O2S/c12-16(14,15)10-6-4-9(5-7-10)11-3-1-2-8-13-11/h1-8H,(H2,12,14,15). The zero-order valence-electron chi connectivity index (χ0n) is 8.37. The zero-order chi connectivity index (χ0) is 11.6. The van der Waals surface area contributed by atoms with Crippen LogP contribution in [0.25, 0.3) is 11.3 Å². The van der Waals surface area contributed by atoms with E-state index in [1.807, 2.05) is 18.2 Å². The second kappa shape index (κ2) is 4.03. The number of aromatic nitrogens is 1. The summed E-state index contributed by atoms with van der Waals surface area (Å²) < 4.78 is 22.1. The third-order valence-corrected chi connectivity index (χ3v) is 3.07. The summed E-state index contributed by atoms with van der Waals surface area (Å²) in [4.78, 5) is 4.26. The summed E-state index contributed by atoms with van der Waals surface area (Å²) in [6.45, 7) is 0. The van der Waals surface area contributed by atoms with Crippen LogP contribution in [0.2, 0.25) is 0 Å². The van der Waals surface area contributed by atoms with E-state index in [4.69, 9.17) is 5.14 Å². The third-order valence-electron chi connectivity index (χ3n) is 2.14. The van der Waals surface area contributed by atoms with Crippen LogP contribution in [0.3, 0.4) is 0 Å². The van der Waals surface area contributed by atoms with Gasteiger partial charge in [0.2, 0.25) is 10.0 Å². The van der Waals surface area contributed by atoms with E-state index in [2.05, 4.69) is 4.98 Å². The lowest BCUT2D eigenvalue weighted by Gasteiger charge is -2.01. The first kappa shape index (κ1) is 10.8. The van der Waals surface area contributed by atoms with Gasteiger partial charge in [-0.3, -0.25) is 4.98 Å². The van der Waals surface area contributed by atoms with E-state index in [0.29, 0.717) is 0 Å². The molecule has 0 amide bonds. The second-order valence-electron chi connectivity index (χ2n) is 3.28. The molecule has 0 fully saturated rings. The summed E-state index contributed by atoms with van der Waals surface area (Å²) in [7, 11) is -3.62. The Bertz CT molecular complexity index is 577. The Morgan fingerprint density at radius 1 is 1.00 bits per heavy atom. The minimum atomic E-state index is -3.62. The van der Waals surface area contributed by atoms with E-state index in [1.165, 1.54) is 12.1 Å². The van der Waals surface area contributed by atoms with Crippen LogP contribution in [0.4, 0.5) is 0 Å². The van der Waals surface area contributed by atoms with Gasteiger partial charge in [-0.15, -0.1) is 0 Å². The summed E-state index contributed by atoms with van der Waals surface area (Å²) >= 11 is 0. The summed E-state index contributed by atoms with van der Waals surface area (Å²) in [5.74, 6) is 0. The molecule has 2 aromatic rings. The number of nitrogens with zero attached hydrogens (tertiary/aromatic N) is 1. The lowest BCUT2D eigenvalue weighted by atomic mass is 10.1. The molecule has 0 saturated heterocycles. The maximum Gasteiger partial charge on any atom is 0.238 e. The molecule has 16 heavy (non-hydrogen) atoms. The van der Waals surface area contributed by atoms with Gasteiger partial charge in [-0.05, 0) is 24.3 Å². The molecule has 0 radical (unpaired) electrons. The average molecular weight is 234 g/mol. The Hall–Kier alpha value is -1.72. The largest absolute Gasteiger partial charge is 0.256 e. The molecule has 0 aliphatic carbocycles. The first-order valence-corrected chi connectivity index (χ1v) is 6.16. The van der Waals surface area contributed by atoms with Crippen molar-refractivity contribution in [2.24, 2.45) is 5.14 Å². The number of hydrogen-bond acceptors (Lipinski definition) is 3. The molecule has 0 atom stereocenters. The van der Waals surface area contributed by atoms with Gasteiger partial charge in [0.25, 0.3) is 0 Å². The van der Waals surface area contributed by atoms with E-state index in [0.717, 1.165) is 11.3 Å². The van der Waals surface area contributed by atoms with Gasteiger partial charge >= 0.3 is 0 Å². The molecule has 2 rings (SSSR count). The number of pyridine rings is 1. The number of primary sulfonamides is 1. The van der Waals surface area contributed by atoms with Crippen molar-refractivity contribution in [3.63, 3.8) is 0 Å². The molecule has 2 N–H and O–H groups in total. The van der Waals surface area contributed by atoms with Crippen molar-refractivity contribution in [1.29, 1.82) is 0 Å². The summed E-state index contributed by atoms with van der Waals surface area (Å²) in [6.07, 6.45) is 1.68. The highest BCUT2D eigenvalue weighted by Gasteiger charge is 2.07. The molecule has 0 unspecified atom stereocenters. The average Bonchev–Trinajstić information content (AvgIpc) is 2.29. The Kier molecular flexibility index (Phi) is 2.72. The number of sulfonamides is 1. The Morgan fingerprint density at radius 2 is 1.69 bits per heavy atom. The monoisotopic (exact) mass is 234 g/mol. The van der Waals surface area contributed by atoms with Crippen LogP contribution >= 0.6 is 0 Å². The molecule has 0 bridgehead atoms. The van der Waals surface area contributed by atoms with E-state index < -0.39 is 10.0 Å². The molecule has 1 aromatic carbocycles. The molecular formula is C11H10N2O2S. The van der Waals surface area contributed by atoms with Gasteiger partial charge in [-0.1, -0.05) is 18.2 Å². The molecule has 5 heteroatoms. The fourth-order valence-electron chi connectivity index (χ4n) is 1.35. The Morgan fingerprint density at radius 3 is 2.19 bits per heavy atom. The van der Waals surface area contributed by atoms with Gasteiger partial charge in [0.15, 0.2) is 0 Å². The number of nitrogens with two attached hydrogens (primary N) is 1. The minimum Gasteiger partial charge on any atom is -0.256 e. The SMILES string of the molecule is NS(=O)(=O)c1ccc(-c2ccccn2)cc1. The second-order valence-corrected chi connectivity index (χ2v) is 4.85. The number of benzene rings is 1. The summed E-state index contributed by atoms with van der Waals surface area (Å²) in [5, 5.41) is 5.00. The first-order valence-electron chi connectivity index (χ1n) is 4.62. The highest BCUT2D eigenvalue weighted by molar-refractivity contribution is 7.89. The van der Waals surface area contributed by atoms with Crippen molar-refractivity contribution in [3.8, 4) is 11.3 Å². The van der Waals surface area contributed by atoms with Crippen LogP contribution < -0.4 is 5.14 Å². The normalized spacial score (nSPS) is 11.3. The topological polar surface area (TPSA) is 73.1 Å². The van der Waals surface area contributed by atoms with Crippen LogP contribution in [0.1, 0.15) is 0 Å². The van der Waals surface area contributed by atoms with Crippen molar-refractivity contribution >= 4 is 10.0 Å². The van der Waals surface area contributed by atoms with Crippen molar-refractivity contribution in [2.75, 3.05) is 0 Å². The van der Waals surface area contributed by atoms with Gasteiger partial charge in [0.05, 0.1) is 10.6 Å². The van der Waals surface area contributed by atoms with Crippen molar-refractivity contribution in [2.45, 2.75) is 4.90 Å². The van der Waals surface area contributed by atoms with Crippen LogP contribution in [0.15, 0.2) is 53.6 Å². The van der Waals surface area contributed by atoms with Gasteiger partial charge < -0.3 is 0 Å². The van der Waals surface area contributed by atoms with Crippen molar-refractivity contribution < 1.29 is 8.42 Å². The first-order chi connectivity index (χ1) is 7.57. The van der Waals surface area contributed by atoms with Gasteiger partial charge in [0.1, 0.15) is 0 Å². The predicted molar refractivity (Wildman–Crippen MR) is 61.0 cm³/mol. The van der Waals surface area contributed by atoms with E-state index in [9.17, 15) is 8.42 Å². The lowest BCUT2D eigenvalue weighted by molar-refractivity contribution is 0.598. The van der Waals surface area contributed by atoms with Gasteiger partial charge in [-0.25, -0.2) is 13.6 Å². The van der Waals surface area contributed by atoms with E-state index in [1.54, 1.807) is 18.3 Å². The van der Waals surface area contributed by atoms with Crippen LogP contribution in [0.5, 0.6) is 0 Å². The lowest BCUT2D eigenvalue weighted by Crippen LogP contribution is -2.11. The maximum absolute atomic E-state index is 11.0. The van der Waals surface area contributed by atoms with Gasteiger partial charge in [-0.2, -0.15) is 0 Å². The van der Waals surface area contributed by atoms with Crippen molar-refractivity contribution in [1.82, 2.24) is 4.98 Å². The van der Waals surface area contributed by atoms with E-state index >= 15 is 0 Å². The molecular weight excluding hydrogens is 224 g/mol. The highest BCUT2D eigenvalue weighted by Crippen LogP contribution is 2.18. The van der Waals surface area contributed by atoms with Crippen LogP contribution in [-0.2, 0) is 10.0 Å². The number of hydrogen-bond donors (Lipinski definition) is 1. The molecule has 1 aromatic heterocycles. The van der Waals surface area contributed by atoms with Gasteiger partial charge in [0, 0.05) is 11.8 Å². The van der Waals surface area contributed by atoms with Crippen LogP contribution in [0, 0.1) is 0 Å².